The molecule has 0 atom stereocenters. The Morgan fingerprint density at radius 2 is 1.85 bits per heavy atom. The second kappa shape index (κ2) is 2.98. The highest BCUT2D eigenvalue weighted by Crippen LogP contribution is 2.19. The number of fused-ring (bicyclic) bond motifs is 1. The van der Waals surface area contributed by atoms with Crippen LogP contribution in [0.4, 0.5) is 4.39 Å². The second-order valence-electron chi connectivity index (χ2n) is 2.81. The minimum Gasteiger partial charge on any atom is -0.298 e. The first kappa shape index (κ1) is 7.92. The Morgan fingerprint density at radius 3 is 2.62 bits per heavy atom. The zero-order valence-electron chi connectivity index (χ0n) is 6.83. The lowest BCUT2D eigenvalue weighted by Gasteiger charge is -2.00. The van der Waals surface area contributed by atoms with E-state index in [2.05, 4.69) is 0 Å². The molecule has 0 aliphatic rings. The Labute approximate surface area is 74.8 Å². The molecule has 0 aliphatic heterocycles. The minimum absolute atomic E-state index is 0.110. The first-order valence-electron chi connectivity index (χ1n) is 3.95. The van der Waals surface area contributed by atoms with Crippen molar-refractivity contribution < 1.29 is 9.18 Å². The monoisotopic (exact) mass is 174 g/mol. The quantitative estimate of drug-likeness (QED) is 0.607. The standard InChI is InChI=1S/C11H7FO/c12-11-9(7-13)6-5-8-3-1-2-4-10(8)11/h1-7H. The van der Waals surface area contributed by atoms with Gasteiger partial charge in [-0.2, -0.15) is 0 Å². The van der Waals surface area contributed by atoms with Gasteiger partial charge in [-0.25, -0.2) is 4.39 Å². The molecule has 0 spiro atoms. The Balaban J connectivity index is 2.86. The summed E-state index contributed by atoms with van der Waals surface area (Å²) in [5, 5.41) is 1.30. The van der Waals surface area contributed by atoms with Crippen molar-refractivity contribution >= 4 is 17.1 Å². The summed E-state index contributed by atoms with van der Waals surface area (Å²) in [6, 6.07) is 10.3. The normalized spacial score (nSPS) is 10.2. The number of benzene rings is 2. The van der Waals surface area contributed by atoms with Gasteiger partial charge in [-0.3, -0.25) is 4.79 Å². The van der Waals surface area contributed by atoms with E-state index in [0.717, 1.165) is 5.39 Å². The molecule has 64 valence electrons. The van der Waals surface area contributed by atoms with Crippen molar-refractivity contribution in [1.29, 1.82) is 0 Å². The summed E-state index contributed by atoms with van der Waals surface area (Å²) in [6.45, 7) is 0. The van der Waals surface area contributed by atoms with Gasteiger partial charge in [0.1, 0.15) is 5.82 Å². The molecule has 0 saturated carbocycles. The molecule has 0 unspecified atom stereocenters. The first-order chi connectivity index (χ1) is 6.33. The molecule has 0 bridgehead atoms. The third-order valence-corrected chi connectivity index (χ3v) is 2.02. The molecule has 0 saturated heterocycles. The van der Waals surface area contributed by atoms with Crippen LogP contribution < -0.4 is 0 Å². The molecule has 13 heavy (non-hydrogen) atoms. The summed E-state index contributed by atoms with van der Waals surface area (Å²) in [4.78, 5) is 10.4. The average molecular weight is 174 g/mol. The zero-order chi connectivity index (χ0) is 9.26. The molecular weight excluding hydrogens is 167 g/mol. The van der Waals surface area contributed by atoms with Gasteiger partial charge in [-0.1, -0.05) is 30.3 Å². The fraction of sp³-hybridized carbons (Fsp3) is 0. The van der Waals surface area contributed by atoms with E-state index in [1.54, 1.807) is 18.2 Å². The van der Waals surface area contributed by atoms with E-state index < -0.39 is 5.82 Å². The van der Waals surface area contributed by atoms with Gasteiger partial charge < -0.3 is 0 Å². The summed E-state index contributed by atoms with van der Waals surface area (Å²) < 4.78 is 13.4. The van der Waals surface area contributed by atoms with Crippen LogP contribution in [0.15, 0.2) is 36.4 Å². The Kier molecular flexibility index (Phi) is 1.81. The Bertz CT molecular complexity index is 463. The van der Waals surface area contributed by atoms with Crippen LogP contribution >= 0.6 is 0 Å². The third-order valence-electron chi connectivity index (χ3n) is 2.02. The molecule has 0 aliphatic carbocycles. The van der Waals surface area contributed by atoms with Crippen LogP contribution in [0.5, 0.6) is 0 Å². The van der Waals surface area contributed by atoms with Gasteiger partial charge in [0.2, 0.25) is 0 Å². The van der Waals surface area contributed by atoms with E-state index in [4.69, 9.17) is 0 Å². The largest absolute Gasteiger partial charge is 0.298 e. The minimum atomic E-state index is -0.437. The molecule has 1 nitrogen and oxygen atoms in total. The third kappa shape index (κ3) is 1.20. The molecule has 2 rings (SSSR count). The van der Waals surface area contributed by atoms with Crippen LogP contribution in [0.25, 0.3) is 10.8 Å². The zero-order valence-corrected chi connectivity index (χ0v) is 6.83. The van der Waals surface area contributed by atoms with Crippen molar-refractivity contribution in [1.82, 2.24) is 0 Å². The number of carbonyl (C=O) groups is 1. The molecule has 0 radical (unpaired) electrons. The molecule has 2 aromatic carbocycles. The van der Waals surface area contributed by atoms with Crippen LogP contribution in [0, 0.1) is 5.82 Å². The highest BCUT2D eigenvalue weighted by Gasteiger charge is 2.04. The van der Waals surface area contributed by atoms with Gasteiger partial charge >= 0.3 is 0 Å². The van der Waals surface area contributed by atoms with Crippen LogP contribution in [-0.4, -0.2) is 6.29 Å². The van der Waals surface area contributed by atoms with Crippen molar-refractivity contribution in [2.45, 2.75) is 0 Å². The topological polar surface area (TPSA) is 17.1 Å². The number of carbonyl (C=O) groups excluding carboxylic acids is 1. The van der Waals surface area contributed by atoms with Crippen LogP contribution in [0.3, 0.4) is 0 Å². The summed E-state index contributed by atoms with van der Waals surface area (Å²) >= 11 is 0. The van der Waals surface area contributed by atoms with E-state index in [1.165, 1.54) is 6.07 Å². The molecule has 2 aromatic rings. The highest BCUT2D eigenvalue weighted by molar-refractivity contribution is 5.89. The van der Waals surface area contributed by atoms with E-state index in [0.29, 0.717) is 11.7 Å². The molecule has 0 amide bonds. The lowest BCUT2D eigenvalue weighted by Crippen LogP contribution is -1.88. The SMILES string of the molecule is O=Cc1ccc2ccccc2c1F. The first-order valence-corrected chi connectivity index (χ1v) is 3.95. The number of halogens is 1. The Morgan fingerprint density at radius 1 is 1.08 bits per heavy atom. The molecule has 0 N–H and O–H groups in total. The maximum absolute atomic E-state index is 13.4. The van der Waals surface area contributed by atoms with E-state index in [1.807, 2.05) is 12.1 Å². The Hall–Kier alpha value is -1.70. The fourth-order valence-electron chi connectivity index (χ4n) is 1.34. The van der Waals surface area contributed by atoms with Gasteiger partial charge in [0.25, 0.3) is 0 Å². The van der Waals surface area contributed by atoms with Crippen LogP contribution in [-0.2, 0) is 0 Å². The smallest absolute Gasteiger partial charge is 0.153 e. The molecule has 2 heteroatoms. The number of hydrogen-bond acceptors (Lipinski definition) is 1. The van der Waals surface area contributed by atoms with Gasteiger partial charge in [0.05, 0.1) is 5.56 Å². The van der Waals surface area contributed by atoms with Gasteiger partial charge in [0, 0.05) is 5.39 Å². The maximum atomic E-state index is 13.4. The van der Waals surface area contributed by atoms with Crippen LogP contribution in [0.2, 0.25) is 0 Å². The lowest BCUT2D eigenvalue weighted by atomic mass is 10.1. The molecule has 0 heterocycles. The highest BCUT2D eigenvalue weighted by atomic mass is 19.1. The fourth-order valence-corrected chi connectivity index (χ4v) is 1.34. The van der Waals surface area contributed by atoms with Crippen molar-refractivity contribution in [2.75, 3.05) is 0 Å². The van der Waals surface area contributed by atoms with Crippen molar-refractivity contribution in [3.8, 4) is 0 Å². The van der Waals surface area contributed by atoms with E-state index >= 15 is 0 Å². The van der Waals surface area contributed by atoms with E-state index in [9.17, 15) is 9.18 Å². The van der Waals surface area contributed by atoms with Crippen molar-refractivity contribution in [3.05, 3.63) is 47.8 Å². The summed E-state index contributed by atoms with van der Waals surface area (Å²) in [5.74, 6) is -0.437. The lowest BCUT2D eigenvalue weighted by molar-refractivity contribution is 0.112. The van der Waals surface area contributed by atoms with Crippen molar-refractivity contribution in [2.24, 2.45) is 0 Å². The molecule has 0 fully saturated rings. The molecular formula is C11H7FO. The number of hydrogen-bond donors (Lipinski definition) is 0. The van der Waals surface area contributed by atoms with Crippen molar-refractivity contribution in [3.63, 3.8) is 0 Å². The average Bonchev–Trinajstić information content (AvgIpc) is 2.19. The number of aldehydes is 1. The van der Waals surface area contributed by atoms with Gasteiger partial charge in [-0.05, 0) is 11.5 Å². The molecule has 0 aromatic heterocycles. The number of rotatable bonds is 1. The predicted octanol–water partition coefficient (Wildman–Crippen LogP) is 2.79. The predicted molar refractivity (Wildman–Crippen MR) is 49.3 cm³/mol. The van der Waals surface area contributed by atoms with E-state index in [-0.39, 0.29) is 5.56 Å². The summed E-state index contributed by atoms with van der Waals surface area (Å²) in [7, 11) is 0. The van der Waals surface area contributed by atoms with Crippen LogP contribution in [0.1, 0.15) is 10.4 Å². The van der Waals surface area contributed by atoms with Gasteiger partial charge in [-0.15, -0.1) is 0 Å². The van der Waals surface area contributed by atoms with Gasteiger partial charge in [0.15, 0.2) is 6.29 Å². The maximum Gasteiger partial charge on any atom is 0.153 e. The summed E-state index contributed by atoms with van der Waals surface area (Å²) in [6.07, 6.45) is 0.530. The second-order valence-corrected chi connectivity index (χ2v) is 2.81. The summed E-state index contributed by atoms with van der Waals surface area (Å²) in [5.41, 5.74) is 0.110.